The highest BCUT2D eigenvalue weighted by Crippen LogP contribution is 2.42. The Labute approximate surface area is 125 Å². The molecule has 9 heteroatoms. The molecule has 1 aliphatic rings. The highest BCUT2D eigenvalue weighted by atomic mass is 32.1. The average molecular weight is 328 g/mol. The molecule has 2 aromatic rings. The van der Waals surface area contributed by atoms with Crippen LogP contribution in [0.15, 0.2) is 12.1 Å². The molecule has 1 aromatic carbocycles. The molecule has 1 atom stereocenters. The number of anilines is 1. The number of hydrogen-bond acceptors (Lipinski definition) is 4. The third-order valence-electron chi connectivity index (χ3n) is 3.33. The summed E-state index contributed by atoms with van der Waals surface area (Å²) in [7, 11) is 0. The van der Waals surface area contributed by atoms with Crippen LogP contribution in [0.3, 0.4) is 0 Å². The zero-order chi connectivity index (χ0) is 16.0. The van der Waals surface area contributed by atoms with Gasteiger partial charge in [-0.25, -0.2) is 18.0 Å². The third-order valence-corrected chi connectivity index (χ3v) is 4.29. The Morgan fingerprint density at radius 1 is 1.32 bits per heavy atom. The number of carbonyl (C=O) groups is 2. The Morgan fingerprint density at radius 3 is 2.73 bits per heavy atom. The maximum absolute atomic E-state index is 14.0. The van der Waals surface area contributed by atoms with Crippen molar-refractivity contribution in [1.82, 2.24) is 4.37 Å². The summed E-state index contributed by atoms with van der Waals surface area (Å²) in [5, 5.41) is 11.4. The van der Waals surface area contributed by atoms with Crippen LogP contribution in [0.1, 0.15) is 33.3 Å². The van der Waals surface area contributed by atoms with E-state index in [1.54, 1.807) is 0 Å². The van der Waals surface area contributed by atoms with Gasteiger partial charge in [-0.3, -0.25) is 4.79 Å². The van der Waals surface area contributed by atoms with Crippen LogP contribution >= 0.6 is 11.5 Å². The zero-order valence-corrected chi connectivity index (χ0v) is 11.5. The van der Waals surface area contributed by atoms with Gasteiger partial charge in [-0.2, -0.15) is 4.37 Å². The maximum atomic E-state index is 14.0. The maximum Gasteiger partial charge on any atom is 0.357 e. The summed E-state index contributed by atoms with van der Waals surface area (Å²) >= 11 is 0.776. The Morgan fingerprint density at radius 2 is 2.05 bits per heavy atom. The molecule has 1 aliphatic heterocycles. The number of nitrogens with one attached hydrogen (secondary N) is 1. The lowest BCUT2D eigenvalue weighted by molar-refractivity contribution is -0.116. The van der Waals surface area contributed by atoms with E-state index >= 15 is 0 Å². The lowest BCUT2D eigenvalue weighted by Crippen LogP contribution is -2.24. The fourth-order valence-electron chi connectivity index (χ4n) is 2.34. The number of carboxylic acid groups (broad SMARTS) is 1. The number of rotatable bonds is 2. The van der Waals surface area contributed by atoms with Crippen LogP contribution in [-0.4, -0.2) is 21.4 Å². The standard InChI is InChI=1S/C13H7F3N2O3S/c14-6-2-1-4(8(15)9(6)16)5-3-7(19)17-10-11(13(20)21)18-22-12(5)10/h1-2,5H,3H2,(H,17,19)(H,20,21)/t5-/m0/s1. The van der Waals surface area contributed by atoms with Gasteiger partial charge in [0.25, 0.3) is 0 Å². The van der Waals surface area contributed by atoms with Gasteiger partial charge in [-0.05, 0) is 17.6 Å². The largest absolute Gasteiger partial charge is 0.476 e. The van der Waals surface area contributed by atoms with E-state index in [0.29, 0.717) is 4.88 Å². The highest BCUT2D eigenvalue weighted by molar-refractivity contribution is 7.06. The predicted octanol–water partition coefficient (Wildman–Crippen LogP) is 2.73. The molecule has 0 fully saturated rings. The molecule has 0 spiro atoms. The van der Waals surface area contributed by atoms with Gasteiger partial charge in [0.2, 0.25) is 5.91 Å². The summed E-state index contributed by atoms with van der Waals surface area (Å²) in [5.41, 5.74) is -0.598. The number of benzene rings is 1. The zero-order valence-electron chi connectivity index (χ0n) is 10.7. The van der Waals surface area contributed by atoms with E-state index in [0.717, 1.165) is 23.7 Å². The summed E-state index contributed by atoms with van der Waals surface area (Å²) < 4.78 is 44.1. The average Bonchev–Trinajstić information content (AvgIpc) is 2.88. The molecule has 0 bridgehead atoms. The van der Waals surface area contributed by atoms with Gasteiger partial charge in [0.05, 0.1) is 10.6 Å². The molecule has 0 unspecified atom stereocenters. The summed E-state index contributed by atoms with van der Waals surface area (Å²) in [4.78, 5) is 23.1. The van der Waals surface area contributed by atoms with Crippen LogP contribution in [0.4, 0.5) is 18.9 Å². The number of fused-ring (bicyclic) bond motifs is 1. The monoisotopic (exact) mass is 328 g/mol. The topological polar surface area (TPSA) is 79.3 Å². The molecule has 0 saturated heterocycles. The minimum Gasteiger partial charge on any atom is -0.476 e. The van der Waals surface area contributed by atoms with Gasteiger partial charge in [0, 0.05) is 17.9 Å². The second kappa shape index (κ2) is 5.09. The van der Waals surface area contributed by atoms with Gasteiger partial charge < -0.3 is 10.4 Å². The van der Waals surface area contributed by atoms with E-state index in [1.165, 1.54) is 0 Å². The van der Waals surface area contributed by atoms with Crippen molar-refractivity contribution in [2.45, 2.75) is 12.3 Å². The Hall–Kier alpha value is -2.42. The Bertz CT molecular complexity index is 806. The molecule has 1 amide bonds. The van der Waals surface area contributed by atoms with Crippen molar-refractivity contribution in [1.29, 1.82) is 0 Å². The van der Waals surface area contributed by atoms with Crippen LogP contribution in [0.25, 0.3) is 0 Å². The number of aromatic carboxylic acids is 1. The van der Waals surface area contributed by atoms with E-state index in [-0.39, 0.29) is 23.4 Å². The van der Waals surface area contributed by atoms with Crippen LogP contribution in [0.5, 0.6) is 0 Å². The minimum atomic E-state index is -1.63. The summed E-state index contributed by atoms with van der Waals surface area (Å²) in [6.45, 7) is 0. The number of carboxylic acids is 1. The van der Waals surface area contributed by atoms with Crippen LogP contribution in [0, 0.1) is 17.5 Å². The smallest absolute Gasteiger partial charge is 0.357 e. The minimum absolute atomic E-state index is 0.0251. The first-order valence-electron chi connectivity index (χ1n) is 6.06. The fraction of sp³-hybridized carbons (Fsp3) is 0.154. The van der Waals surface area contributed by atoms with Crippen molar-refractivity contribution in [3.05, 3.63) is 45.7 Å². The van der Waals surface area contributed by atoms with Gasteiger partial charge in [-0.1, -0.05) is 6.07 Å². The lowest BCUT2D eigenvalue weighted by atomic mass is 9.89. The summed E-state index contributed by atoms with van der Waals surface area (Å²) in [6, 6.07) is 1.81. The number of amides is 1. The molecule has 5 nitrogen and oxygen atoms in total. The lowest BCUT2D eigenvalue weighted by Gasteiger charge is -2.23. The highest BCUT2D eigenvalue weighted by Gasteiger charge is 2.35. The van der Waals surface area contributed by atoms with Crippen molar-refractivity contribution < 1.29 is 27.9 Å². The van der Waals surface area contributed by atoms with E-state index in [1.807, 2.05) is 0 Å². The van der Waals surface area contributed by atoms with E-state index < -0.39 is 35.2 Å². The second-order valence-electron chi connectivity index (χ2n) is 4.65. The first-order valence-corrected chi connectivity index (χ1v) is 6.83. The molecule has 3 rings (SSSR count). The number of carbonyl (C=O) groups excluding carboxylic acids is 1. The normalized spacial score (nSPS) is 17.0. The fourth-order valence-corrected chi connectivity index (χ4v) is 3.27. The Kier molecular flexibility index (Phi) is 3.36. The second-order valence-corrected chi connectivity index (χ2v) is 5.45. The molecular formula is C13H7F3N2O3S. The van der Waals surface area contributed by atoms with Crippen molar-refractivity contribution in [3.63, 3.8) is 0 Å². The molecule has 2 N–H and O–H groups in total. The summed E-state index contributed by atoms with van der Waals surface area (Å²) in [5.74, 6) is -7.17. The number of aromatic nitrogens is 1. The molecule has 0 radical (unpaired) electrons. The van der Waals surface area contributed by atoms with Gasteiger partial charge in [-0.15, -0.1) is 0 Å². The summed E-state index contributed by atoms with van der Waals surface area (Å²) in [6.07, 6.45) is -0.212. The van der Waals surface area contributed by atoms with Crippen molar-refractivity contribution in [3.8, 4) is 0 Å². The SMILES string of the molecule is O=C1C[C@@H](c2ccc(F)c(F)c2F)c2snc(C(=O)O)c2N1. The van der Waals surface area contributed by atoms with Crippen LogP contribution in [-0.2, 0) is 4.79 Å². The number of halogens is 3. The van der Waals surface area contributed by atoms with E-state index in [9.17, 15) is 22.8 Å². The van der Waals surface area contributed by atoms with Gasteiger partial charge >= 0.3 is 5.97 Å². The molecule has 0 saturated carbocycles. The molecule has 0 aliphatic carbocycles. The van der Waals surface area contributed by atoms with Crippen molar-refractivity contribution in [2.75, 3.05) is 5.32 Å². The van der Waals surface area contributed by atoms with Crippen LogP contribution < -0.4 is 5.32 Å². The first kappa shape index (κ1) is 14.5. The number of nitrogens with zero attached hydrogens (tertiary/aromatic N) is 1. The quantitative estimate of drug-likeness (QED) is 0.831. The van der Waals surface area contributed by atoms with Gasteiger partial charge in [0.15, 0.2) is 23.1 Å². The Balaban J connectivity index is 2.16. The van der Waals surface area contributed by atoms with E-state index in [2.05, 4.69) is 9.69 Å². The van der Waals surface area contributed by atoms with E-state index in [4.69, 9.17) is 5.11 Å². The molecule has 114 valence electrons. The van der Waals surface area contributed by atoms with Crippen molar-refractivity contribution >= 4 is 29.1 Å². The molecule has 22 heavy (non-hydrogen) atoms. The molecule has 2 heterocycles. The number of hydrogen-bond donors (Lipinski definition) is 2. The first-order chi connectivity index (χ1) is 10.4. The third kappa shape index (κ3) is 2.13. The van der Waals surface area contributed by atoms with Crippen molar-refractivity contribution in [2.24, 2.45) is 0 Å². The molecule has 1 aromatic heterocycles. The molecular weight excluding hydrogens is 321 g/mol. The van der Waals surface area contributed by atoms with Crippen LogP contribution in [0.2, 0.25) is 0 Å². The van der Waals surface area contributed by atoms with Gasteiger partial charge in [0.1, 0.15) is 0 Å². The predicted molar refractivity (Wildman–Crippen MR) is 70.5 cm³/mol.